The maximum Gasteiger partial charge on any atom is 0.0705 e. The standard InChI is InChI=1S/C21H22BrN3/c22-17-6-3-5-16(15-17)21(25-13-4-10-23-12-14-25)19-9-11-24-20-8-2-1-7-18(19)20/h1-3,5-9,11,15,21,23H,4,10,12-14H2. The van der Waals surface area contributed by atoms with Crippen LogP contribution in [0, 0.1) is 0 Å². The maximum absolute atomic E-state index is 4.56. The lowest BCUT2D eigenvalue weighted by Crippen LogP contribution is -2.33. The fraction of sp³-hybridized carbons (Fsp3) is 0.286. The third kappa shape index (κ3) is 3.61. The van der Waals surface area contributed by atoms with E-state index in [4.69, 9.17) is 0 Å². The molecule has 0 amide bonds. The molecule has 0 radical (unpaired) electrons. The Bertz CT molecular complexity index is 851. The van der Waals surface area contributed by atoms with Crippen LogP contribution in [-0.2, 0) is 0 Å². The summed E-state index contributed by atoms with van der Waals surface area (Å²) in [7, 11) is 0. The molecule has 0 saturated carbocycles. The molecule has 1 aromatic heterocycles. The van der Waals surface area contributed by atoms with Crippen LogP contribution in [0.15, 0.2) is 65.3 Å². The van der Waals surface area contributed by atoms with Crippen molar-refractivity contribution in [3.8, 4) is 0 Å². The van der Waals surface area contributed by atoms with Crippen molar-refractivity contribution in [2.24, 2.45) is 0 Å². The van der Waals surface area contributed by atoms with Gasteiger partial charge in [-0.1, -0.05) is 46.3 Å². The van der Waals surface area contributed by atoms with Crippen molar-refractivity contribution in [2.75, 3.05) is 26.2 Å². The van der Waals surface area contributed by atoms with Gasteiger partial charge in [0.05, 0.1) is 11.6 Å². The highest BCUT2D eigenvalue weighted by molar-refractivity contribution is 9.10. The van der Waals surface area contributed by atoms with Gasteiger partial charge in [0, 0.05) is 35.7 Å². The molecule has 2 heterocycles. The molecule has 1 N–H and O–H groups in total. The zero-order valence-corrected chi connectivity index (χ0v) is 15.7. The van der Waals surface area contributed by atoms with Gasteiger partial charge in [-0.15, -0.1) is 0 Å². The number of rotatable bonds is 3. The molecule has 1 saturated heterocycles. The quantitative estimate of drug-likeness (QED) is 0.712. The van der Waals surface area contributed by atoms with Crippen LogP contribution >= 0.6 is 15.9 Å². The molecule has 1 unspecified atom stereocenters. The van der Waals surface area contributed by atoms with Crippen LogP contribution in [0.4, 0.5) is 0 Å². The molecular formula is C21H22BrN3. The summed E-state index contributed by atoms with van der Waals surface area (Å²) in [6.07, 6.45) is 3.12. The summed E-state index contributed by atoms with van der Waals surface area (Å²) < 4.78 is 1.13. The van der Waals surface area contributed by atoms with E-state index in [1.807, 2.05) is 6.20 Å². The first kappa shape index (κ1) is 16.7. The van der Waals surface area contributed by atoms with Gasteiger partial charge in [-0.3, -0.25) is 9.88 Å². The second-order valence-corrected chi connectivity index (χ2v) is 7.43. The van der Waals surface area contributed by atoms with Crippen LogP contribution in [0.5, 0.6) is 0 Å². The van der Waals surface area contributed by atoms with Crippen LogP contribution in [0.3, 0.4) is 0 Å². The molecule has 1 atom stereocenters. The van der Waals surface area contributed by atoms with Crippen LogP contribution in [0.1, 0.15) is 23.6 Å². The highest BCUT2D eigenvalue weighted by Crippen LogP contribution is 2.34. The van der Waals surface area contributed by atoms with Crippen molar-refractivity contribution in [3.63, 3.8) is 0 Å². The summed E-state index contributed by atoms with van der Waals surface area (Å²) in [6.45, 7) is 4.28. The second-order valence-electron chi connectivity index (χ2n) is 6.51. The lowest BCUT2D eigenvalue weighted by atomic mass is 9.94. The van der Waals surface area contributed by atoms with Gasteiger partial charge in [-0.25, -0.2) is 0 Å². The predicted molar refractivity (Wildman–Crippen MR) is 107 cm³/mol. The molecule has 0 spiro atoms. The number of aromatic nitrogens is 1. The Balaban J connectivity index is 1.87. The zero-order valence-electron chi connectivity index (χ0n) is 14.2. The van der Waals surface area contributed by atoms with Gasteiger partial charge in [0.25, 0.3) is 0 Å². The smallest absolute Gasteiger partial charge is 0.0705 e. The summed E-state index contributed by atoms with van der Waals surface area (Å²) in [4.78, 5) is 7.16. The minimum Gasteiger partial charge on any atom is -0.315 e. The normalized spacial score (nSPS) is 17.3. The van der Waals surface area contributed by atoms with Crippen LogP contribution < -0.4 is 5.32 Å². The third-order valence-electron chi connectivity index (χ3n) is 4.88. The van der Waals surface area contributed by atoms with Crippen molar-refractivity contribution in [2.45, 2.75) is 12.5 Å². The molecule has 4 heteroatoms. The third-order valence-corrected chi connectivity index (χ3v) is 5.37. The van der Waals surface area contributed by atoms with Crippen molar-refractivity contribution in [1.29, 1.82) is 0 Å². The summed E-state index contributed by atoms with van der Waals surface area (Å²) in [6, 6.07) is 19.6. The van der Waals surface area contributed by atoms with Gasteiger partial charge in [-0.05, 0) is 48.4 Å². The molecule has 1 aliphatic heterocycles. The molecule has 4 rings (SSSR count). The Kier molecular flexibility index (Phi) is 5.11. The molecule has 3 aromatic rings. The fourth-order valence-electron chi connectivity index (χ4n) is 3.74. The zero-order chi connectivity index (χ0) is 17.1. The van der Waals surface area contributed by atoms with Gasteiger partial charge >= 0.3 is 0 Å². The van der Waals surface area contributed by atoms with E-state index in [0.717, 1.165) is 36.2 Å². The summed E-state index contributed by atoms with van der Waals surface area (Å²) in [5, 5.41) is 4.76. The monoisotopic (exact) mass is 395 g/mol. The number of pyridine rings is 1. The SMILES string of the molecule is Brc1cccc(C(c2ccnc3ccccc23)N2CCCNCC2)c1. The summed E-state index contributed by atoms with van der Waals surface area (Å²) >= 11 is 3.65. The van der Waals surface area contributed by atoms with Crippen LogP contribution in [0.25, 0.3) is 10.9 Å². The number of halogens is 1. The van der Waals surface area contributed by atoms with E-state index in [-0.39, 0.29) is 6.04 Å². The van der Waals surface area contributed by atoms with Gasteiger partial charge in [0.1, 0.15) is 0 Å². The van der Waals surface area contributed by atoms with Crippen LogP contribution in [-0.4, -0.2) is 36.1 Å². The minimum absolute atomic E-state index is 0.241. The van der Waals surface area contributed by atoms with E-state index in [1.165, 1.54) is 22.9 Å². The first-order valence-corrected chi connectivity index (χ1v) is 9.66. The first-order chi connectivity index (χ1) is 12.3. The van der Waals surface area contributed by atoms with Crippen molar-refractivity contribution < 1.29 is 0 Å². The number of nitrogens with zero attached hydrogens (tertiary/aromatic N) is 2. The average molecular weight is 396 g/mol. The number of nitrogens with one attached hydrogen (secondary N) is 1. The van der Waals surface area contributed by atoms with Gasteiger partial charge in [-0.2, -0.15) is 0 Å². The molecule has 1 aliphatic rings. The highest BCUT2D eigenvalue weighted by atomic mass is 79.9. The number of hydrogen-bond acceptors (Lipinski definition) is 3. The molecular weight excluding hydrogens is 374 g/mol. The van der Waals surface area contributed by atoms with Gasteiger partial charge < -0.3 is 5.32 Å². The Morgan fingerprint density at radius 1 is 1.00 bits per heavy atom. The van der Waals surface area contributed by atoms with E-state index < -0.39 is 0 Å². The molecule has 0 bridgehead atoms. The van der Waals surface area contributed by atoms with Crippen molar-refractivity contribution in [1.82, 2.24) is 15.2 Å². The fourth-order valence-corrected chi connectivity index (χ4v) is 4.16. The van der Waals surface area contributed by atoms with Crippen molar-refractivity contribution >= 4 is 26.8 Å². The lowest BCUT2D eigenvalue weighted by Gasteiger charge is -2.32. The predicted octanol–water partition coefficient (Wildman–Crippen LogP) is 4.38. The Morgan fingerprint density at radius 2 is 1.92 bits per heavy atom. The van der Waals surface area contributed by atoms with Crippen molar-refractivity contribution in [3.05, 3.63) is 76.4 Å². The number of fused-ring (bicyclic) bond motifs is 1. The van der Waals surface area contributed by atoms with Crippen LogP contribution in [0.2, 0.25) is 0 Å². The van der Waals surface area contributed by atoms with E-state index >= 15 is 0 Å². The number of benzene rings is 2. The van der Waals surface area contributed by atoms with E-state index in [1.54, 1.807) is 0 Å². The van der Waals surface area contributed by atoms with Gasteiger partial charge in [0.15, 0.2) is 0 Å². The largest absolute Gasteiger partial charge is 0.315 e. The Hall–Kier alpha value is -1.75. The summed E-state index contributed by atoms with van der Waals surface area (Å²) in [5.41, 5.74) is 3.73. The topological polar surface area (TPSA) is 28.2 Å². The van der Waals surface area contributed by atoms with Gasteiger partial charge in [0.2, 0.25) is 0 Å². The maximum atomic E-state index is 4.56. The second kappa shape index (κ2) is 7.65. The van der Waals surface area contributed by atoms with E-state index in [0.29, 0.717) is 0 Å². The first-order valence-electron chi connectivity index (χ1n) is 8.87. The highest BCUT2D eigenvalue weighted by Gasteiger charge is 2.25. The molecule has 25 heavy (non-hydrogen) atoms. The van der Waals surface area contributed by atoms with E-state index in [2.05, 4.69) is 85.7 Å². The molecule has 0 aliphatic carbocycles. The Morgan fingerprint density at radius 3 is 2.84 bits per heavy atom. The van der Waals surface area contributed by atoms with E-state index in [9.17, 15) is 0 Å². The number of para-hydroxylation sites is 1. The molecule has 1 fully saturated rings. The molecule has 3 nitrogen and oxygen atoms in total. The number of hydrogen-bond donors (Lipinski definition) is 1. The molecule has 128 valence electrons. The minimum atomic E-state index is 0.241. The molecule has 2 aromatic carbocycles. The summed E-state index contributed by atoms with van der Waals surface area (Å²) in [5.74, 6) is 0. The lowest BCUT2D eigenvalue weighted by molar-refractivity contribution is 0.242. The average Bonchev–Trinajstić information content (AvgIpc) is 2.92. The Labute approximate surface area is 157 Å².